The van der Waals surface area contributed by atoms with E-state index < -0.39 is 11.8 Å². The van der Waals surface area contributed by atoms with E-state index in [1.54, 1.807) is 17.7 Å². The third-order valence-corrected chi connectivity index (χ3v) is 4.01. The lowest BCUT2D eigenvalue weighted by molar-refractivity contribution is -0.129. The number of nitrogens with one attached hydrogen (secondary N) is 1. The van der Waals surface area contributed by atoms with Gasteiger partial charge < -0.3 is 0 Å². The highest BCUT2D eigenvalue weighted by molar-refractivity contribution is 6.29. The van der Waals surface area contributed by atoms with Gasteiger partial charge in [0.25, 0.3) is 5.91 Å². The average molecular weight is 339 g/mol. The van der Waals surface area contributed by atoms with Crippen LogP contribution in [0.15, 0.2) is 72.9 Å². The molecule has 1 unspecified atom stereocenters. The number of pyridine rings is 1. The van der Waals surface area contributed by atoms with Gasteiger partial charge in [0.2, 0.25) is 0 Å². The Morgan fingerprint density at radius 2 is 1.71 bits per heavy atom. The topological polar surface area (TPSA) is 62.2 Å². The first-order valence-electron chi connectivity index (χ1n) is 7.40. The van der Waals surface area contributed by atoms with E-state index in [1.165, 1.54) is 0 Å². The second-order valence-electron chi connectivity index (χ2n) is 5.31. The molecular formula is C19H15ClN2O2. The van der Waals surface area contributed by atoms with Gasteiger partial charge in [0.05, 0.1) is 5.92 Å². The van der Waals surface area contributed by atoms with Crippen molar-refractivity contribution in [2.24, 2.45) is 0 Å². The molecule has 0 radical (unpaired) electrons. The number of nitrogens with zero attached hydrogens (tertiary/aromatic N) is 1. The predicted octanol–water partition coefficient (Wildman–Crippen LogP) is 4.04. The number of aromatic nitrogens is 1. The van der Waals surface area contributed by atoms with Crippen LogP contribution >= 0.6 is 11.6 Å². The van der Waals surface area contributed by atoms with Gasteiger partial charge in [0.15, 0.2) is 0 Å². The van der Waals surface area contributed by atoms with Crippen LogP contribution in [0, 0.1) is 0 Å². The number of hydroxylamine groups is 1. The van der Waals surface area contributed by atoms with E-state index in [4.69, 9.17) is 16.8 Å². The summed E-state index contributed by atoms with van der Waals surface area (Å²) in [5, 5.41) is 9.55. The van der Waals surface area contributed by atoms with Gasteiger partial charge in [-0.1, -0.05) is 60.1 Å². The van der Waals surface area contributed by atoms with Crippen molar-refractivity contribution in [1.82, 2.24) is 10.5 Å². The number of benzene rings is 2. The Balaban J connectivity index is 2.04. The highest BCUT2D eigenvalue weighted by atomic mass is 35.5. The summed E-state index contributed by atoms with van der Waals surface area (Å²) in [6, 6.07) is 20.5. The SMILES string of the molecule is O=C(NO)C(c1ccccc1)c1cccc(-c2ccc(Cl)nc2)c1. The number of hydrogen-bond acceptors (Lipinski definition) is 3. The normalized spacial score (nSPS) is 11.8. The van der Waals surface area contributed by atoms with Crippen molar-refractivity contribution in [3.05, 3.63) is 89.2 Å². The Kier molecular flexibility index (Phi) is 4.89. The second-order valence-corrected chi connectivity index (χ2v) is 5.70. The Morgan fingerprint density at radius 3 is 2.38 bits per heavy atom. The van der Waals surface area contributed by atoms with Crippen LogP contribution in [0.1, 0.15) is 17.0 Å². The molecule has 1 amide bonds. The highest BCUT2D eigenvalue weighted by Gasteiger charge is 2.22. The molecule has 3 rings (SSSR count). The van der Waals surface area contributed by atoms with E-state index >= 15 is 0 Å². The molecule has 1 heterocycles. The Hall–Kier alpha value is -2.69. The minimum Gasteiger partial charge on any atom is -0.289 e. The molecule has 0 saturated carbocycles. The molecule has 0 aliphatic carbocycles. The van der Waals surface area contributed by atoms with Crippen LogP contribution in [0.25, 0.3) is 11.1 Å². The van der Waals surface area contributed by atoms with Crippen LogP contribution in [-0.4, -0.2) is 16.1 Å². The quantitative estimate of drug-likeness (QED) is 0.429. The summed E-state index contributed by atoms with van der Waals surface area (Å²) in [6.45, 7) is 0. The van der Waals surface area contributed by atoms with Gasteiger partial charge in [-0.15, -0.1) is 0 Å². The van der Waals surface area contributed by atoms with Crippen LogP contribution in [0.5, 0.6) is 0 Å². The van der Waals surface area contributed by atoms with E-state index in [2.05, 4.69) is 4.98 Å². The lowest BCUT2D eigenvalue weighted by Gasteiger charge is -2.17. The van der Waals surface area contributed by atoms with E-state index in [-0.39, 0.29) is 0 Å². The molecule has 0 saturated heterocycles. The van der Waals surface area contributed by atoms with Gasteiger partial charge in [0.1, 0.15) is 5.15 Å². The molecule has 0 bridgehead atoms. The molecule has 24 heavy (non-hydrogen) atoms. The molecule has 120 valence electrons. The summed E-state index contributed by atoms with van der Waals surface area (Å²) in [7, 11) is 0. The first kappa shape index (κ1) is 16.2. The minimum atomic E-state index is -0.601. The molecule has 3 aromatic rings. The van der Waals surface area contributed by atoms with Crippen LogP contribution in [-0.2, 0) is 4.79 Å². The smallest absolute Gasteiger partial charge is 0.255 e. The lowest BCUT2D eigenvalue weighted by Crippen LogP contribution is -2.27. The van der Waals surface area contributed by atoms with Gasteiger partial charge in [-0.05, 0) is 34.9 Å². The molecule has 2 N–H and O–H groups in total. The summed E-state index contributed by atoms with van der Waals surface area (Å²) >= 11 is 5.83. The minimum absolute atomic E-state index is 0.428. The molecule has 1 atom stereocenters. The van der Waals surface area contributed by atoms with Gasteiger partial charge in [-0.3, -0.25) is 10.0 Å². The van der Waals surface area contributed by atoms with Crippen molar-refractivity contribution in [2.45, 2.75) is 5.92 Å². The van der Waals surface area contributed by atoms with E-state index in [0.717, 1.165) is 22.3 Å². The molecule has 1 aromatic heterocycles. The first-order chi connectivity index (χ1) is 11.7. The maximum absolute atomic E-state index is 12.2. The number of amides is 1. The largest absolute Gasteiger partial charge is 0.289 e. The molecule has 4 nitrogen and oxygen atoms in total. The van der Waals surface area contributed by atoms with Crippen molar-refractivity contribution >= 4 is 17.5 Å². The zero-order chi connectivity index (χ0) is 16.9. The zero-order valence-electron chi connectivity index (χ0n) is 12.7. The van der Waals surface area contributed by atoms with Crippen LogP contribution in [0.3, 0.4) is 0 Å². The van der Waals surface area contributed by atoms with Gasteiger partial charge in [-0.25, -0.2) is 10.5 Å². The standard InChI is InChI=1S/C19H15ClN2O2/c20-17-10-9-16(12-21-17)14-7-4-8-15(11-14)18(19(23)22-24)13-5-2-1-3-6-13/h1-12,18,24H,(H,22,23). The maximum Gasteiger partial charge on any atom is 0.255 e. The van der Waals surface area contributed by atoms with E-state index in [1.807, 2.05) is 60.7 Å². The Labute approximate surface area is 144 Å². The second kappa shape index (κ2) is 7.25. The summed E-state index contributed by atoms with van der Waals surface area (Å²) < 4.78 is 0. The monoisotopic (exact) mass is 338 g/mol. The first-order valence-corrected chi connectivity index (χ1v) is 7.77. The van der Waals surface area contributed by atoms with Crippen molar-refractivity contribution in [1.29, 1.82) is 0 Å². The van der Waals surface area contributed by atoms with Gasteiger partial charge in [0, 0.05) is 11.8 Å². The van der Waals surface area contributed by atoms with Crippen LogP contribution in [0.4, 0.5) is 0 Å². The molecular weight excluding hydrogens is 324 g/mol. The fourth-order valence-electron chi connectivity index (χ4n) is 2.65. The lowest BCUT2D eigenvalue weighted by atomic mass is 9.89. The number of carbonyl (C=O) groups excluding carboxylic acids is 1. The maximum atomic E-state index is 12.2. The van der Waals surface area contributed by atoms with Gasteiger partial charge >= 0.3 is 0 Å². The van der Waals surface area contributed by atoms with Crippen molar-refractivity contribution in [3.8, 4) is 11.1 Å². The van der Waals surface area contributed by atoms with Crippen LogP contribution < -0.4 is 5.48 Å². The number of rotatable bonds is 4. The fraction of sp³-hybridized carbons (Fsp3) is 0.0526. The van der Waals surface area contributed by atoms with E-state index in [9.17, 15) is 4.79 Å². The zero-order valence-corrected chi connectivity index (χ0v) is 13.4. The highest BCUT2D eigenvalue weighted by Crippen LogP contribution is 2.29. The molecule has 2 aromatic carbocycles. The number of hydrogen-bond donors (Lipinski definition) is 2. The van der Waals surface area contributed by atoms with Gasteiger partial charge in [-0.2, -0.15) is 0 Å². The number of carbonyl (C=O) groups is 1. The molecule has 0 aliphatic rings. The third kappa shape index (κ3) is 3.45. The van der Waals surface area contributed by atoms with E-state index in [0.29, 0.717) is 5.15 Å². The molecule has 5 heteroatoms. The van der Waals surface area contributed by atoms with Crippen molar-refractivity contribution in [3.63, 3.8) is 0 Å². The molecule has 0 spiro atoms. The third-order valence-electron chi connectivity index (χ3n) is 3.79. The molecule has 0 aliphatic heterocycles. The van der Waals surface area contributed by atoms with Crippen molar-refractivity contribution < 1.29 is 10.0 Å². The predicted molar refractivity (Wildman–Crippen MR) is 92.9 cm³/mol. The van der Waals surface area contributed by atoms with Crippen LogP contribution in [0.2, 0.25) is 5.15 Å². The molecule has 0 fully saturated rings. The van der Waals surface area contributed by atoms with Crippen molar-refractivity contribution in [2.75, 3.05) is 0 Å². The summed E-state index contributed by atoms with van der Waals surface area (Å²) in [4.78, 5) is 16.3. The fourth-order valence-corrected chi connectivity index (χ4v) is 2.76. The number of halogens is 1. The Bertz CT molecular complexity index is 836. The summed E-state index contributed by atoms with van der Waals surface area (Å²) in [6.07, 6.45) is 1.69. The average Bonchev–Trinajstić information content (AvgIpc) is 2.63. The summed E-state index contributed by atoms with van der Waals surface area (Å²) in [5.41, 5.74) is 5.16. The Morgan fingerprint density at radius 1 is 0.958 bits per heavy atom. The summed E-state index contributed by atoms with van der Waals surface area (Å²) in [5.74, 6) is -1.08.